The zero-order valence-corrected chi connectivity index (χ0v) is 16.4. The summed E-state index contributed by atoms with van der Waals surface area (Å²) < 4.78 is 10.1. The Kier molecular flexibility index (Phi) is 5.72. The van der Waals surface area contributed by atoms with Crippen molar-refractivity contribution in [2.24, 2.45) is 0 Å². The van der Waals surface area contributed by atoms with Gasteiger partial charge < -0.3 is 25.2 Å². The van der Waals surface area contributed by atoms with E-state index in [1.165, 1.54) is 26.4 Å². The fourth-order valence-electron chi connectivity index (χ4n) is 3.34. The molecule has 0 fully saturated rings. The summed E-state index contributed by atoms with van der Waals surface area (Å²) in [5, 5.41) is 15.5. The molecule has 0 radical (unpaired) electrons. The molecule has 0 saturated heterocycles. The van der Waals surface area contributed by atoms with Gasteiger partial charge in [0.1, 0.15) is 17.1 Å². The maximum atomic E-state index is 12.3. The van der Waals surface area contributed by atoms with E-state index in [4.69, 9.17) is 9.47 Å². The average molecular weight is 398 g/mol. The van der Waals surface area contributed by atoms with Gasteiger partial charge in [-0.1, -0.05) is 13.0 Å². The van der Waals surface area contributed by atoms with Crippen molar-refractivity contribution in [1.29, 1.82) is 0 Å². The molecule has 1 unspecified atom stereocenters. The van der Waals surface area contributed by atoms with Crippen LogP contribution in [-0.4, -0.2) is 37.1 Å². The van der Waals surface area contributed by atoms with Crippen LogP contribution in [0.4, 0.5) is 11.4 Å². The number of phenols is 1. The molecular weight excluding hydrogens is 376 g/mol. The van der Waals surface area contributed by atoms with Crippen LogP contribution in [0.1, 0.15) is 47.2 Å². The summed E-state index contributed by atoms with van der Waals surface area (Å²) in [4.78, 5) is 36.1. The Hall–Kier alpha value is -3.55. The number of methoxy groups -OCH3 is 2. The van der Waals surface area contributed by atoms with Gasteiger partial charge in [0.15, 0.2) is 0 Å². The first-order valence-electron chi connectivity index (χ1n) is 9.10. The lowest BCUT2D eigenvalue weighted by Gasteiger charge is -2.28. The van der Waals surface area contributed by atoms with Gasteiger partial charge in [-0.05, 0) is 35.4 Å². The largest absolute Gasteiger partial charge is 0.507 e. The predicted octanol–water partition coefficient (Wildman–Crippen LogP) is 3.01. The van der Waals surface area contributed by atoms with Crippen LogP contribution >= 0.6 is 0 Å². The van der Waals surface area contributed by atoms with Crippen molar-refractivity contribution in [3.8, 4) is 11.5 Å². The molecule has 2 amide bonds. The molecule has 3 N–H and O–H groups in total. The molecule has 8 heteroatoms. The first-order chi connectivity index (χ1) is 13.9. The van der Waals surface area contributed by atoms with Crippen LogP contribution in [-0.2, 0) is 14.3 Å². The van der Waals surface area contributed by atoms with Crippen molar-refractivity contribution >= 4 is 29.2 Å². The Morgan fingerprint density at radius 1 is 1.24 bits per heavy atom. The van der Waals surface area contributed by atoms with Gasteiger partial charge in [0, 0.05) is 24.4 Å². The molecule has 3 rings (SSSR count). The number of benzene rings is 2. The van der Waals surface area contributed by atoms with E-state index < -0.39 is 5.97 Å². The quantitative estimate of drug-likeness (QED) is 0.667. The van der Waals surface area contributed by atoms with E-state index in [9.17, 15) is 19.5 Å². The normalized spacial score (nSPS) is 15.1. The number of ether oxygens (including phenoxy) is 2. The van der Waals surface area contributed by atoms with Crippen LogP contribution < -0.4 is 15.4 Å². The Morgan fingerprint density at radius 3 is 2.66 bits per heavy atom. The Balaban J connectivity index is 2.09. The van der Waals surface area contributed by atoms with E-state index >= 15 is 0 Å². The number of carbonyl (C=O) groups excluding carboxylic acids is 3. The summed E-state index contributed by atoms with van der Waals surface area (Å²) in [6, 6.07) is 8.01. The summed E-state index contributed by atoms with van der Waals surface area (Å²) in [6.07, 6.45) is 0.460. The van der Waals surface area contributed by atoms with Crippen LogP contribution in [0.5, 0.6) is 11.5 Å². The minimum absolute atomic E-state index is 0.0244. The third-order valence-corrected chi connectivity index (χ3v) is 4.83. The molecule has 0 bridgehead atoms. The van der Waals surface area contributed by atoms with Gasteiger partial charge in [-0.15, -0.1) is 0 Å². The number of fused-ring (bicyclic) bond motifs is 1. The highest BCUT2D eigenvalue weighted by Crippen LogP contribution is 2.43. The number of nitrogens with one attached hydrogen (secondary N) is 2. The highest BCUT2D eigenvalue weighted by atomic mass is 16.5. The second-order valence-electron chi connectivity index (χ2n) is 6.61. The number of hydrogen-bond acceptors (Lipinski definition) is 6. The molecule has 0 spiro atoms. The van der Waals surface area contributed by atoms with Gasteiger partial charge in [0.2, 0.25) is 11.8 Å². The van der Waals surface area contributed by atoms with Crippen LogP contribution in [0.2, 0.25) is 0 Å². The average Bonchev–Trinajstić information content (AvgIpc) is 2.72. The third-order valence-electron chi connectivity index (χ3n) is 4.83. The van der Waals surface area contributed by atoms with Crippen molar-refractivity contribution in [3.63, 3.8) is 0 Å². The minimum atomic E-state index is -0.667. The van der Waals surface area contributed by atoms with Gasteiger partial charge in [0.05, 0.1) is 19.9 Å². The molecule has 152 valence electrons. The zero-order valence-electron chi connectivity index (χ0n) is 16.4. The van der Waals surface area contributed by atoms with Gasteiger partial charge in [0.25, 0.3) is 0 Å². The number of amides is 2. The van der Waals surface area contributed by atoms with Crippen molar-refractivity contribution in [3.05, 3.63) is 47.0 Å². The number of esters is 1. The lowest BCUT2D eigenvalue weighted by molar-refractivity contribution is -0.117. The minimum Gasteiger partial charge on any atom is -0.507 e. The number of aromatic hydroxyl groups is 1. The zero-order chi connectivity index (χ0) is 21.1. The molecule has 1 heterocycles. The number of phenolic OH excluding ortho intramolecular Hbond substituents is 1. The summed E-state index contributed by atoms with van der Waals surface area (Å²) in [5.74, 6) is -1.15. The number of carbonyl (C=O) groups is 3. The maximum absolute atomic E-state index is 12.3. The summed E-state index contributed by atoms with van der Waals surface area (Å²) in [6.45, 7) is 1.74. The van der Waals surface area contributed by atoms with E-state index in [2.05, 4.69) is 10.6 Å². The number of rotatable bonds is 5. The molecule has 8 nitrogen and oxygen atoms in total. The SMILES string of the molecule is CCC(=O)Nc1cc2c(cc1OC)C(c1ccc(O)c(C(=O)OC)c1)CC(=O)N2. The lowest BCUT2D eigenvalue weighted by atomic mass is 9.83. The number of hydrogen-bond donors (Lipinski definition) is 3. The maximum Gasteiger partial charge on any atom is 0.341 e. The smallest absolute Gasteiger partial charge is 0.341 e. The van der Waals surface area contributed by atoms with E-state index in [0.717, 1.165) is 5.56 Å². The predicted molar refractivity (Wildman–Crippen MR) is 106 cm³/mol. The van der Waals surface area contributed by atoms with Crippen molar-refractivity contribution in [2.45, 2.75) is 25.7 Å². The summed E-state index contributed by atoms with van der Waals surface area (Å²) >= 11 is 0. The van der Waals surface area contributed by atoms with Crippen LogP contribution in [0.15, 0.2) is 30.3 Å². The third kappa shape index (κ3) is 4.01. The number of anilines is 2. The molecule has 0 aromatic heterocycles. The molecule has 1 atom stereocenters. The molecule has 0 aliphatic carbocycles. The summed E-state index contributed by atoms with van der Waals surface area (Å²) in [7, 11) is 2.73. The lowest BCUT2D eigenvalue weighted by Crippen LogP contribution is -2.24. The monoisotopic (exact) mass is 398 g/mol. The molecule has 29 heavy (non-hydrogen) atoms. The van der Waals surface area contributed by atoms with Gasteiger partial charge >= 0.3 is 5.97 Å². The van der Waals surface area contributed by atoms with E-state index in [0.29, 0.717) is 29.1 Å². The fraction of sp³-hybridized carbons (Fsp3) is 0.286. The van der Waals surface area contributed by atoms with E-state index in [1.54, 1.807) is 25.1 Å². The van der Waals surface area contributed by atoms with Crippen LogP contribution in [0.3, 0.4) is 0 Å². The highest BCUT2D eigenvalue weighted by molar-refractivity contribution is 5.99. The first-order valence-corrected chi connectivity index (χ1v) is 9.10. The molecular formula is C21H22N2O6. The van der Waals surface area contributed by atoms with Crippen molar-refractivity contribution in [1.82, 2.24) is 0 Å². The van der Waals surface area contributed by atoms with Crippen molar-refractivity contribution in [2.75, 3.05) is 24.9 Å². The highest BCUT2D eigenvalue weighted by Gasteiger charge is 2.29. The van der Waals surface area contributed by atoms with Gasteiger partial charge in [-0.2, -0.15) is 0 Å². The second-order valence-corrected chi connectivity index (χ2v) is 6.61. The molecule has 2 aromatic rings. The Labute approximate surface area is 167 Å². The molecule has 1 aliphatic rings. The van der Waals surface area contributed by atoms with E-state index in [1.807, 2.05) is 0 Å². The topological polar surface area (TPSA) is 114 Å². The molecule has 0 saturated carbocycles. The Bertz CT molecular complexity index is 985. The molecule has 2 aromatic carbocycles. The van der Waals surface area contributed by atoms with Gasteiger partial charge in [-0.3, -0.25) is 9.59 Å². The standard InChI is InChI=1S/C21H22N2O6/c1-4-19(25)23-16-10-15-13(8-18(16)28-2)12(9-20(26)22-15)11-5-6-17(24)14(7-11)21(27)29-3/h5-8,10,12,24H,4,9H2,1-3H3,(H,22,26)(H,23,25). The first kappa shape index (κ1) is 20.2. The fourth-order valence-corrected chi connectivity index (χ4v) is 3.34. The van der Waals surface area contributed by atoms with Crippen LogP contribution in [0.25, 0.3) is 0 Å². The summed E-state index contributed by atoms with van der Waals surface area (Å²) in [5.41, 5.74) is 2.48. The second kappa shape index (κ2) is 8.22. The van der Waals surface area contributed by atoms with Crippen molar-refractivity contribution < 1.29 is 29.0 Å². The van der Waals surface area contributed by atoms with Gasteiger partial charge in [-0.25, -0.2) is 4.79 Å². The molecule has 1 aliphatic heterocycles. The van der Waals surface area contributed by atoms with E-state index in [-0.39, 0.29) is 35.5 Å². The Morgan fingerprint density at radius 2 is 2.00 bits per heavy atom. The van der Waals surface area contributed by atoms with Crippen LogP contribution in [0, 0.1) is 0 Å².